The molecule has 12 heteroatoms. The molecule has 0 spiro atoms. The first-order valence-electron chi connectivity index (χ1n) is 12.9. The monoisotopic (exact) mass is 578 g/mol. The molecule has 0 radical (unpaired) electrons. The third kappa shape index (κ3) is 8.41. The van der Waals surface area contributed by atoms with Gasteiger partial charge in [-0.2, -0.15) is 13.2 Å². The zero-order valence-electron chi connectivity index (χ0n) is 21.8. The maximum absolute atomic E-state index is 12.9. The van der Waals surface area contributed by atoms with Crippen LogP contribution in [0.2, 0.25) is 0 Å². The first kappa shape index (κ1) is 29.3. The quantitative estimate of drug-likeness (QED) is 0.184. The number of carbonyl (C=O) groups excluding carboxylic acids is 1. The number of hydrogen-bond donors (Lipinski definition) is 3. The van der Waals surface area contributed by atoms with Gasteiger partial charge in [-0.05, 0) is 54.9 Å². The molecule has 1 amide bonds. The average Bonchev–Trinajstić information content (AvgIpc) is 3.54. The molecule has 39 heavy (non-hydrogen) atoms. The summed E-state index contributed by atoms with van der Waals surface area (Å²) in [5.74, 6) is 0.596. The molecule has 0 aliphatic heterocycles. The number of fused-ring (bicyclic) bond motifs is 1. The second kappa shape index (κ2) is 13.6. The van der Waals surface area contributed by atoms with E-state index in [-0.39, 0.29) is 16.8 Å². The zero-order valence-corrected chi connectivity index (χ0v) is 23.4. The Morgan fingerprint density at radius 2 is 2.03 bits per heavy atom. The van der Waals surface area contributed by atoms with Gasteiger partial charge >= 0.3 is 6.18 Å². The fraction of sp³-hybridized carbons (Fsp3) is 0.444. The van der Waals surface area contributed by atoms with Gasteiger partial charge in [0.1, 0.15) is 17.0 Å². The number of anilines is 1. The number of nitrogens with one attached hydrogen (secondary N) is 3. The molecule has 1 fully saturated rings. The topological polar surface area (TPSA) is 82.2 Å². The Labute approximate surface area is 234 Å². The number of carbonyl (C=O) groups is 1. The Balaban J connectivity index is 1.25. The summed E-state index contributed by atoms with van der Waals surface area (Å²) in [6, 6.07) is 9.74. The summed E-state index contributed by atoms with van der Waals surface area (Å²) in [5.41, 5.74) is 1.74. The van der Waals surface area contributed by atoms with Gasteiger partial charge in [0.05, 0.1) is 11.8 Å². The molecular formula is C27H33F3N6OS2. The Hall–Kier alpha value is -2.67. The van der Waals surface area contributed by atoms with Crippen LogP contribution in [-0.4, -0.2) is 54.3 Å². The molecule has 2 unspecified atom stereocenters. The van der Waals surface area contributed by atoms with Crippen LogP contribution in [0.3, 0.4) is 0 Å². The van der Waals surface area contributed by atoms with Crippen molar-refractivity contribution < 1.29 is 18.0 Å². The minimum Gasteiger partial charge on any atom is -0.356 e. The number of thiophene rings is 1. The van der Waals surface area contributed by atoms with E-state index >= 15 is 0 Å². The molecule has 2 aromatic heterocycles. The number of halogens is 3. The molecular weight excluding hydrogens is 545 g/mol. The van der Waals surface area contributed by atoms with E-state index in [1.165, 1.54) is 18.3 Å². The molecule has 2 heterocycles. The minimum atomic E-state index is -4.25. The van der Waals surface area contributed by atoms with Gasteiger partial charge in [0.25, 0.3) is 5.91 Å². The van der Waals surface area contributed by atoms with E-state index in [9.17, 15) is 18.0 Å². The van der Waals surface area contributed by atoms with E-state index in [2.05, 4.69) is 36.8 Å². The third-order valence-corrected chi connectivity index (χ3v) is 8.32. The van der Waals surface area contributed by atoms with Crippen LogP contribution in [0.5, 0.6) is 0 Å². The zero-order chi connectivity index (χ0) is 27.8. The van der Waals surface area contributed by atoms with Crippen LogP contribution in [0.25, 0.3) is 10.2 Å². The summed E-state index contributed by atoms with van der Waals surface area (Å²) in [6.07, 6.45) is -0.0847. The Morgan fingerprint density at radius 1 is 1.23 bits per heavy atom. The van der Waals surface area contributed by atoms with E-state index in [0.717, 1.165) is 49.1 Å². The first-order chi connectivity index (χ1) is 18.7. The summed E-state index contributed by atoms with van der Waals surface area (Å²) in [7, 11) is 1.95. The van der Waals surface area contributed by atoms with Crippen LogP contribution in [0.1, 0.15) is 46.5 Å². The van der Waals surface area contributed by atoms with Gasteiger partial charge in [-0.25, -0.2) is 9.97 Å². The van der Waals surface area contributed by atoms with Crippen LogP contribution in [0, 0.1) is 0 Å². The molecule has 3 aromatic rings. The van der Waals surface area contributed by atoms with Crippen molar-refractivity contribution in [2.24, 2.45) is 0 Å². The lowest BCUT2D eigenvalue weighted by atomic mass is 10.1. The predicted molar refractivity (Wildman–Crippen MR) is 153 cm³/mol. The second-order valence-corrected chi connectivity index (χ2v) is 11.5. The lowest BCUT2D eigenvalue weighted by molar-refractivity contribution is -0.126. The molecule has 1 aliphatic rings. The van der Waals surface area contributed by atoms with E-state index < -0.39 is 12.6 Å². The van der Waals surface area contributed by atoms with E-state index in [4.69, 9.17) is 0 Å². The molecule has 4 rings (SSSR count). The molecule has 0 bridgehead atoms. The summed E-state index contributed by atoms with van der Waals surface area (Å²) in [5, 5.41) is 8.94. The summed E-state index contributed by atoms with van der Waals surface area (Å²) >= 11 is 2.51. The Kier molecular flexibility index (Phi) is 10.2. The summed E-state index contributed by atoms with van der Waals surface area (Å²) < 4.78 is 41.8. The standard InChI is InChI=1S/C27H33F3N6OS2/c1-3-38-35-12-4-11-31-25(37)19-7-5-18(6-8-19)16-32-20-9-10-21(13-20)36(2)24-23-14-22(15-27(28,29)30)39-26(23)34-17-33-24/h3,5-8,14,17,20-21,32,35H,1,4,9-13,15-16H2,2H3,(H,31,37). The Morgan fingerprint density at radius 3 is 2.77 bits per heavy atom. The fourth-order valence-electron chi connectivity index (χ4n) is 4.75. The van der Waals surface area contributed by atoms with Gasteiger partial charge in [0.15, 0.2) is 0 Å². The molecule has 210 valence electrons. The van der Waals surface area contributed by atoms with Crippen LogP contribution in [0.4, 0.5) is 19.0 Å². The molecule has 1 aromatic carbocycles. The summed E-state index contributed by atoms with van der Waals surface area (Å²) in [6.45, 7) is 5.71. The van der Waals surface area contributed by atoms with Crippen molar-refractivity contribution in [3.8, 4) is 0 Å². The number of alkyl halides is 3. The maximum atomic E-state index is 12.9. The van der Waals surface area contributed by atoms with E-state index in [0.29, 0.717) is 40.7 Å². The molecule has 3 N–H and O–H groups in total. The van der Waals surface area contributed by atoms with Crippen LogP contribution in [0.15, 0.2) is 48.6 Å². The fourth-order valence-corrected chi connectivity index (χ4v) is 6.15. The van der Waals surface area contributed by atoms with Gasteiger partial charge in [0, 0.05) is 49.2 Å². The lowest BCUT2D eigenvalue weighted by Crippen LogP contribution is -2.33. The van der Waals surface area contributed by atoms with Crippen LogP contribution in [-0.2, 0) is 13.0 Å². The van der Waals surface area contributed by atoms with Crippen molar-refractivity contribution >= 4 is 45.2 Å². The van der Waals surface area contributed by atoms with Crippen LogP contribution < -0.4 is 20.3 Å². The molecule has 1 saturated carbocycles. The van der Waals surface area contributed by atoms with Gasteiger partial charge < -0.3 is 15.5 Å². The van der Waals surface area contributed by atoms with Gasteiger partial charge in [-0.1, -0.05) is 30.7 Å². The van der Waals surface area contributed by atoms with E-state index in [1.54, 1.807) is 11.5 Å². The van der Waals surface area contributed by atoms with Crippen molar-refractivity contribution in [2.45, 2.75) is 56.9 Å². The predicted octanol–water partition coefficient (Wildman–Crippen LogP) is 5.44. The molecule has 2 atom stereocenters. The maximum Gasteiger partial charge on any atom is 0.393 e. The number of nitrogens with zero attached hydrogens (tertiary/aromatic N) is 3. The van der Waals surface area contributed by atoms with Gasteiger partial charge in [-0.3, -0.25) is 9.52 Å². The highest BCUT2D eigenvalue weighted by Gasteiger charge is 2.31. The number of hydrogen-bond acceptors (Lipinski definition) is 8. The summed E-state index contributed by atoms with van der Waals surface area (Å²) in [4.78, 5) is 23.9. The largest absolute Gasteiger partial charge is 0.393 e. The SMILES string of the molecule is C=CSNCCCNC(=O)c1ccc(CNC2CCC(N(C)c3ncnc4sc(CC(F)(F)F)cc34)C2)cc1. The van der Waals surface area contributed by atoms with Crippen molar-refractivity contribution in [3.05, 3.63) is 64.7 Å². The highest BCUT2D eigenvalue weighted by atomic mass is 32.2. The normalized spacial score (nSPS) is 17.4. The number of amides is 1. The van der Waals surface area contributed by atoms with Crippen molar-refractivity contribution in [1.82, 2.24) is 25.3 Å². The average molecular weight is 579 g/mol. The minimum absolute atomic E-state index is 0.0810. The van der Waals surface area contributed by atoms with Gasteiger partial charge in [-0.15, -0.1) is 11.3 Å². The first-order valence-corrected chi connectivity index (χ1v) is 14.6. The van der Waals surface area contributed by atoms with Crippen molar-refractivity contribution in [1.29, 1.82) is 0 Å². The second-order valence-electron chi connectivity index (χ2n) is 9.56. The number of benzene rings is 1. The van der Waals surface area contributed by atoms with Gasteiger partial charge in [0.2, 0.25) is 0 Å². The van der Waals surface area contributed by atoms with E-state index in [1.807, 2.05) is 31.3 Å². The highest BCUT2D eigenvalue weighted by molar-refractivity contribution is 8.00. The molecule has 7 nitrogen and oxygen atoms in total. The van der Waals surface area contributed by atoms with Crippen molar-refractivity contribution in [2.75, 3.05) is 25.0 Å². The third-order valence-electron chi connectivity index (χ3n) is 6.74. The lowest BCUT2D eigenvalue weighted by Gasteiger charge is -2.26. The van der Waals surface area contributed by atoms with Crippen LogP contribution >= 0.6 is 23.3 Å². The Bertz CT molecular complexity index is 1250. The molecule has 1 aliphatic carbocycles. The highest BCUT2D eigenvalue weighted by Crippen LogP contribution is 2.35. The van der Waals surface area contributed by atoms with Crippen molar-refractivity contribution in [3.63, 3.8) is 0 Å². The number of rotatable bonds is 13. The molecule has 0 saturated heterocycles. The smallest absolute Gasteiger partial charge is 0.356 e. The number of aromatic nitrogens is 2.